The highest BCUT2D eigenvalue weighted by atomic mass is 79.9. The molecule has 1 aliphatic carbocycles. The molecule has 1 N–H and O–H groups in total. The van der Waals surface area contributed by atoms with Crippen LogP contribution in [-0.2, 0) is 6.42 Å². The highest BCUT2D eigenvalue weighted by Crippen LogP contribution is 2.28. The van der Waals surface area contributed by atoms with Crippen molar-refractivity contribution in [1.82, 2.24) is 0 Å². The molecule has 1 atom stereocenters. The van der Waals surface area contributed by atoms with Crippen LogP contribution < -0.4 is 0 Å². The van der Waals surface area contributed by atoms with Crippen molar-refractivity contribution >= 4 is 15.9 Å². The van der Waals surface area contributed by atoms with Crippen molar-refractivity contribution in [2.45, 2.75) is 51.0 Å². The summed E-state index contributed by atoms with van der Waals surface area (Å²) < 4.78 is 1.10. The normalized spacial score (nSPS) is 19.2. The second-order valence-corrected chi connectivity index (χ2v) is 6.14. The summed E-state index contributed by atoms with van der Waals surface area (Å²) in [5, 5.41) is 10.1. The van der Waals surface area contributed by atoms with Gasteiger partial charge in [-0.3, -0.25) is 0 Å². The second kappa shape index (κ2) is 6.55. The molecule has 2 heteroatoms. The minimum absolute atomic E-state index is 0.174. The van der Waals surface area contributed by atoms with Crippen LogP contribution in [0.4, 0.5) is 0 Å². The third kappa shape index (κ3) is 4.44. The van der Waals surface area contributed by atoms with Crippen molar-refractivity contribution < 1.29 is 5.11 Å². The van der Waals surface area contributed by atoms with E-state index in [2.05, 4.69) is 28.1 Å². The molecule has 17 heavy (non-hydrogen) atoms. The average molecular weight is 297 g/mol. The van der Waals surface area contributed by atoms with Gasteiger partial charge in [-0.15, -0.1) is 0 Å². The van der Waals surface area contributed by atoms with Crippen LogP contribution in [0, 0.1) is 5.92 Å². The lowest BCUT2D eigenvalue weighted by molar-refractivity contribution is 0.130. The molecular weight excluding hydrogens is 276 g/mol. The lowest BCUT2D eigenvalue weighted by atomic mass is 9.84. The van der Waals surface area contributed by atoms with Crippen LogP contribution >= 0.6 is 15.9 Å². The SMILES string of the molecule is OC(Cc1cccc(Br)c1)CC1CCCCC1. The fourth-order valence-corrected chi connectivity index (χ4v) is 3.27. The quantitative estimate of drug-likeness (QED) is 0.877. The first-order chi connectivity index (χ1) is 8.24. The van der Waals surface area contributed by atoms with Crippen molar-refractivity contribution in [2.24, 2.45) is 5.92 Å². The summed E-state index contributed by atoms with van der Waals surface area (Å²) in [6.45, 7) is 0. The maximum atomic E-state index is 10.1. The van der Waals surface area contributed by atoms with E-state index in [1.54, 1.807) is 0 Å². The van der Waals surface area contributed by atoms with Crippen molar-refractivity contribution in [2.75, 3.05) is 0 Å². The molecule has 1 fully saturated rings. The Kier molecular flexibility index (Phi) is 5.05. The Morgan fingerprint density at radius 1 is 1.24 bits per heavy atom. The van der Waals surface area contributed by atoms with Gasteiger partial charge in [-0.1, -0.05) is 60.2 Å². The topological polar surface area (TPSA) is 20.2 Å². The van der Waals surface area contributed by atoms with E-state index in [4.69, 9.17) is 0 Å². The highest BCUT2D eigenvalue weighted by molar-refractivity contribution is 9.10. The van der Waals surface area contributed by atoms with Gasteiger partial charge in [0.05, 0.1) is 6.10 Å². The zero-order chi connectivity index (χ0) is 12.1. The van der Waals surface area contributed by atoms with Crippen LogP contribution in [0.15, 0.2) is 28.7 Å². The first kappa shape index (κ1) is 13.1. The van der Waals surface area contributed by atoms with E-state index in [9.17, 15) is 5.11 Å². The van der Waals surface area contributed by atoms with Crippen LogP contribution in [-0.4, -0.2) is 11.2 Å². The Bertz CT molecular complexity index is 345. The van der Waals surface area contributed by atoms with E-state index in [1.807, 2.05) is 12.1 Å². The van der Waals surface area contributed by atoms with E-state index in [-0.39, 0.29) is 6.10 Å². The van der Waals surface area contributed by atoms with Gasteiger partial charge in [0.1, 0.15) is 0 Å². The number of aliphatic hydroxyl groups is 1. The predicted molar refractivity (Wildman–Crippen MR) is 75.0 cm³/mol. The lowest BCUT2D eigenvalue weighted by Crippen LogP contribution is -2.18. The van der Waals surface area contributed by atoms with Crippen LogP contribution in [0.5, 0.6) is 0 Å². The zero-order valence-electron chi connectivity index (χ0n) is 10.2. The van der Waals surface area contributed by atoms with Gasteiger partial charge < -0.3 is 5.11 Å². The van der Waals surface area contributed by atoms with Crippen molar-refractivity contribution in [3.8, 4) is 0 Å². The molecule has 1 aromatic carbocycles. The largest absolute Gasteiger partial charge is 0.393 e. The summed E-state index contributed by atoms with van der Waals surface area (Å²) >= 11 is 3.47. The van der Waals surface area contributed by atoms with E-state index in [1.165, 1.54) is 37.7 Å². The molecule has 1 aliphatic rings. The Labute approximate surface area is 112 Å². The molecule has 0 bridgehead atoms. The van der Waals surface area contributed by atoms with Crippen molar-refractivity contribution in [1.29, 1.82) is 0 Å². The summed E-state index contributed by atoms with van der Waals surface area (Å²) in [5.74, 6) is 0.755. The van der Waals surface area contributed by atoms with Crippen LogP contribution in [0.1, 0.15) is 44.1 Å². The maximum absolute atomic E-state index is 10.1. The minimum Gasteiger partial charge on any atom is -0.393 e. The van der Waals surface area contributed by atoms with Crippen molar-refractivity contribution in [3.63, 3.8) is 0 Å². The molecule has 0 radical (unpaired) electrons. The fraction of sp³-hybridized carbons (Fsp3) is 0.600. The Balaban J connectivity index is 1.82. The molecule has 94 valence electrons. The molecule has 0 amide bonds. The highest BCUT2D eigenvalue weighted by Gasteiger charge is 2.17. The van der Waals surface area contributed by atoms with Crippen LogP contribution in [0.2, 0.25) is 0 Å². The van der Waals surface area contributed by atoms with Gasteiger partial charge in [0, 0.05) is 4.47 Å². The van der Waals surface area contributed by atoms with Crippen LogP contribution in [0.3, 0.4) is 0 Å². The van der Waals surface area contributed by atoms with E-state index >= 15 is 0 Å². The molecular formula is C15H21BrO. The first-order valence-corrected chi connectivity index (χ1v) is 7.46. The summed E-state index contributed by atoms with van der Waals surface area (Å²) in [7, 11) is 0. The summed E-state index contributed by atoms with van der Waals surface area (Å²) in [5.41, 5.74) is 1.22. The standard InChI is InChI=1S/C15H21BrO/c16-14-8-4-7-13(9-14)11-15(17)10-12-5-2-1-3-6-12/h4,7-9,12,15,17H,1-3,5-6,10-11H2. The monoisotopic (exact) mass is 296 g/mol. The minimum atomic E-state index is -0.174. The molecule has 0 aromatic heterocycles. The molecule has 0 heterocycles. The van der Waals surface area contributed by atoms with Crippen LogP contribution in [0.25, 0.3) is 0 Å². The summed E-state index contributed by atoms with van der Waals surface area (Å²) in [6.07, 6.45) is 8.32. The number of hydrogen-bond acceptors (Lipinski definition) is 1. The maximum Gasteiger partial charge on any atom is 0.0583 e. The zero-order valence-corrected chi connectivity index (χ0v) is 11.8. The summed E-state index contributed by atoms with van der Waals surface area (Å²) in [4.78, 5) is 0. The van der Waals surface area contributed by atoms with E-state index in [0.717, 1.165) is 23.2 Å². The molecule has 2 rings (SSSR count). The second-order valence-electron chi connectivity index (χ2n) is 5.23. The van der Waals surface area contributed by atoms with Gasteiger partial charge in [-0.25, -0.2) is 0 Å². The Hall–Kier alpha value is -0.340. The third-order valence-corrected chi connectivity index (χ3v) is 4.18. The van der Waals surface area contributed by atoms with E-state index < -0.39 is 0 Å². The first-order valence-electron chi connectivity index (χ1n) is 6.66. The molecule has 1 saturated carbocycles. The van der Waals surface area contributed by atoms with Gasteiger partial charge >= 0.3 is 0 Å². The van der Waals surface area contributed by atoms with Gasteiger partial charge in [-0.2, -0.15) is 0 Å². The molecule has 0 spiro atoms. The molecule has 1 aromatic rings. The van der Waals surface area contributed by atoms with Crippen molar-refractivity contribution in [3.05, 3.63) is 34.3 Å². The molecule has 0 saturated heterocycles. The van der Waals surface area contributed by atoms with Gasteiger partial charge in [0.2, 0.25) is 0 Å². The Morgan fingerprint density at radius 3 is 2.71 bits per heavy atom. The smallest absolute Gasteiger partial charge is 0.0583 e. The Morgan fingerprint density at radius 2 is 2.00 bits per heavy atom. The van der Waals surface area contributed by atoms with Gasteiger partial charge in [0.15, 0.2) is 0 Å². The number of halogens is 1. The summed E-state index contributed by atoms with van der Waals surface area (Å²) in [6, 6.07) is 8.25. The number of aliphatic hydroxyl groups excluding tert-OH is 1. The number of hydrogen-bond donors (Lipinski definition) is 1. The fourth-order valence-electron chi connectivity index (χ4n) is 2.83. The number of benzene rings is 1. The third-order valence-electron chi connectivity index (χ3n) is 3.69. The molecule has 1 unspecified atom stereocenters. The molecule has 1 nitrogen and oxygen atoms in total. The van der Waals surface area contributed by atoms with E-state index in [0.29, 0.717) is 0 Å². The van der Waals surface area contributed by atoms with Gasteiger partial charge in [0.25, 0.3) is 0 Å². The average Bonchev–Trinajstić information content (AvgIpc) is 2.30. The molecule has 0 aliphatic heterocycles. The van der Waals surface area contributed by atoms with Gasteiger partial charge in [-0.05, 0) is 36.5 Å². The predicted octanol–water partition coefficient (Wildman–Crippen LogP) is 4.32. The lowest BCUT2D eigenvalue weighted by Gasteiger charge is -2.24. The number of rotatable bonds is 4.